The van der Waals surface area contributed by atoms with Crippen molar-refractivity contribution < 1.29 is 9.59 Å². The van der Waals surface area contributed by atoms with Gasteiger partial charge in [0.15, 0.2) is 0 Å². The van der Waals surface area contributed by atoms with Crippen LogP contribution in [0.5, 0.6) is 0 Å². The van der Waals surface area contributed by atoms with Crippen LogP contribution in [0.1, 0.15) is 30.0 Å². The number of hydrogen-bond acceptors (Lipinski definition) is 4. The lowest BCUT2D eigenvalue weighted by Crippen LogP contribution is -2.41. The van der Waals surface area contributed by atoms with Gasteiger partial charge in [-0.1, -0.05) is 0 Å². The van der Waals surface area contributed by atoms with E-state index in [1.54, 1.807) is 11.3 Å². The fourth-order valence-electron chi connectivity index (χ4n) is 2.16. The van der Waals surface area contributed by atoms with Crippen molar-refractivity contribution in [3.8, 4) is 0 Å². The number of amides is 2. The summed E-state index contributed by atoms with van der Waals surface area (Å²) in [5, 5.41) is 3.17. The van der Waals surface area contributed by atoms with Gasteiger partial charge in [-0.25, -0.2) is 0 Å². The molecule has 5 heteroatoms. The van der Waals surface area contributed by atoms with E-state index in [-0.39, 0.29) is 30.3 Å². The summed E-state index contributed by atoms with van der Waals surface area (Å²) in [5.41, 5.74) is 0. The van der Waals surface area contributed by atoms with Crippen molar-refractivity contribution in [3.63, 3.8) is 0 Å². The summed E-state index contributed by atoms with van der Waals surface area (Å²) >= 11 is 1.71. The molecule has 1 N–H and O–H groups in total. The van der Waals surface area contributed by atoms with Crippen LogP contribution >= 0.6 is 11.3 Å². The Kier molecular flexibility index (Phi) is 3.82. The van der Waals surface area contributed by atoms with Crippen LogP contribution in [-0.4, -0.2) is 28.8 Å². The number of carbonyl (C=O) groups is 2. The largest absolute Gasteiger partial charge is 0.300 e. The summed E-state index contributed by atoms with van der Waals surface area (Å²) in [6, 6.07) is 3.70. The highest BCUT2D eigenvalue weighted by Gasteiger charge is 2.39. The van der Waals surface area contributed by atoms with Crippen LogP contribution in [0, 0.1) is 6.92 Å². The van der Waals surface area contributed by atoms with Gasteiger partial charge >= 0.3 is 0 Å². The molecule has 1 unspecified atom stereocenters. The van der Waals surface area contributed by atoms with Gasteiger partial charge in [-0.05, 0) is 32.9 Å². The van der Waals surface area contributed by atoms with E-state index in [0.29, 0.717) is 6.54 Å². The van der Waals surface area contributed by atoms with Crippen molar-refractivity contribution in [1.29, 1.82) is 0 Å². The molecule has 1 aliphatic rings. The topological polar surface area (TPSA) is 49.4 Å². The third-order valence-corrected chi connectivity index (χ3v) is 4.02. The van der Waals surface area contributed by atoms with Crippen LogP contribution in [0.15, 0.2) is 12.1 Å². The molecule has 2 heterocycles. The van der Waals surface area contributed by atoms with Gasteiger partial charge in [-0.15, -0.1) is 11.3 Å². The minimum Gasteiger partial charge on any atom is -0.300 e. The molecule has 4 nitrogen and oxygen atoms in total. The Bertz CT molecular complexity index is 467. The van der Waals surface area contributed by atoms with E-state index >= 15 is 0 Å². The number of carbonyl (C=O) groups excluding carboxylic acids is 2. The summed E-state index contributed by atoms with van der Waals surface area (Å²) in [7, 11) is 0. The summed E-state index contributed by atoms with van der Waals surface area (Å²) in [6.45, 7) is 6.43. The van der Waals surface area contributed by atoms with Crippen LogP contribution < -0.4 is 5.32 Å². The first-order chi connectivity index (χ1) is 8.49. The van der Waals surface area contributed by atoms with E-state index in [9.17, 15) is 9.59 Å². The number of likely N-dealkylation sites (tertiary alicyclic amines) is 1. The van der Waals surface area contributed by atoms with Gasteiger partial charge in [-0.3, -0.25) is 14.5 Å². The molecule has 18 heavy (non-hydrogen) atoms. The van der Waals surface area contributed by atoms with Crippen molar-refractivity contribution in [2.45, 2.75) is 45.8 Å². The van der Waals surface area contributed by atoms with Crippen molar-refractivity contribution in [2.24, 2.45) is 0 Å². The first kappa shape index (κ1) is 13.2. The van der Waals surface area contributed by atoms with Crippen molar-refractivity contribution in [2.75, 3.05) is 0 Å². The summed E-state index contributed by atoms with van der Waals surface area (Å²) in [6.07, 6.45) is 0.279. The molecular weight excluding hydrogens is 248 g/mol. The van der Waals surface area contributed by atoms with Crippen LogP contribution in [0.4, 0.5) is 0 Å². The lowest BCUT2D eigenvalue weighted by Gasteiger charge is -2.19. The SMILES string of the molecule is Cc1ccc(CNC2CC(=O)N(C(C)C)C2=O)s1. The highest BCUT2D eigenvalue weighted by Crippen LogP contribution is 2.18. The van der Waals surface area contributed by atoms with Gasteiger partial charge in [0, 0.05) is 22.3 Å². The lowest BCUT2D eigenvalue weighted by molar-refractivity contribution is -0.140. The lowest BCUT2D eigenvalue weighted by atomic mass is 10.2. The molecule has 98 valence electrons. The quantitative estimate of drug-likeness (QED) is 0.844. The number of imide groups is 1. The zero-order valence-corrected chi connectivity index (χ0v) is 11.7. The summed E-state index contributed by atoms with van der Waals surface area (Å²) < 4.78 is 0. The Balaban J connectivity index is 1.95. The minimum absolute atomic E-state index is 0.0548. The molecule has 1 aromatic heterocycles. The van der Waals surface area contributed by atoms with E-state index in [0.717, 1.165) is 0 Å². The van der Waals surface area contributed by atoms with Crippen molar-refractivity contribution in [1.82, 2.24) is 10.2 Å². The molecule has 1 fully saturated rings. The third-order valence-electron chi connectivity index (χ3n) is 3.02. The molecule has 0 aliphatic carbocycles. The Morgan fingerprint density at radius 1 is 1.44 bits per heavy atom. The maximum atomic E-state index is 12.0. The maximum Gasteiger partial charge on any atom is 0.247 e. The molecule has 1 saturated heterocycles. The third kappa shape index (κ3) is 2.62. The van der Waals surface area contributed by atoms with Gasteiger partial charge in [0.2, 0.25) is 11.8 Å². The molecule has 1 aliphatic heterocycles. The molecule has 0 aromatic carbocycles. The van der Waals surface area contributed by atoms with E-state index in [1.165, 1.54) is 14.7 Å². The molecule has 2 rings (SSSR count). The summed E-state index contributed by atoms with van der Waals surface area (Å²) in [5.74, 6) is -0.168. The minimum atomic E-state index is -0.359. The average molecular weight is 266 g/mol. The Morgan fingerprint density at radius 3 is 2.67 bits per heavy atom. The molecule has 1 atom stereocenters. The van der Waals surface area contributed by atoms with Gasteiger partial charge in [0.05, 0.1) is 12.5 Å². The highest BCUT2D eigenvalue weighted by molar-refractivity contribution is 7.11. The first-order valence-electron chi connectivity index (χ1n) is 6.13. The second-order valence-electron chi connectivity index (χ2n) is 4.85. The fourth-order valence-corrected chi connectivity index (χ4v) is 3.00. The Hall–Kier alpha value is -1.20. The van der Waals surface area contributed by atoms with Gasteiger partial charge in [0.25, 0.3) is 0 Å². The molecule has 0 spiro atoms. The van der Waals surface area contributed by atoms with Gasteiger partial charge < -0.3 is 5.32 Å². The number of aryl methyl sites for hydroxylation is 1. The zero-order chi connectivity index (χ0) is 13.3. The number of nitrogens with one attached hydrogen (secondary N) is 1. The summed E-state index contributed by atoms with van der Waals surface area (Å²) in [4.78, 5) is 27.6. The molecular formula is C13H18N2O2S. The van der Waals surface area contributed by atoms with E-state index in [1.807, 2.05) is 13.8 Å². The molecule has 0 bridgehead atoms. The second-order valence-corrected chi connectivity index (χ2v) is 6.22. The predicted octanol–water partition coefficient (Wildman–Crippen LogP) is 1.68. The van der Waals surface area contributed by atoms with Gasteiger partial charge in [-0.2, -0.15) is 0 Å². The van der Waals surface area contributed by atoms with E-state index in [4.69, 9.17) is 0 Å². The molecule has 0 saturated carbocycles. The Morgan fingerprint density at radius 2 is 2.17 bits per heavy atom. The molecule has 2 amide bonds. The van der Waals surface area contributed by atoms with Crippen molar-refractivity contribution in [3.05, 3.63) is 21.9 Å². The number of hydrogen-bond donors (Lipinski definition) is 1. The Labute approximate surface area is 111 Å². The van der Waals surface area contributed by atoms with Crippen molar-refractivity contribution >= 4 is 23.2 Å². The normalized spacial score (nSPS) is 20.2. The predicted molar refractivity (Wildman–Crippen MR) is 71.3 cm³/mol. The second kappa shape index (κ2) is 5.20. The molecule has 0 radical (unpaired) electrons. The maximum absolute atomic E-state index is 12.0. The average Bonchev–Trinajstić information content (AvgIpc) is 2.80. The molecule has 1 aromatic rings. The highest BCUT2D eigenvalue weighted by atomic mass is 32.1. The smallest absolute Gasteiger partial charge is 0.247 e. The fraction of sp³-hybridized carbons (Fsp3) is 0.538. The number of rotatable bonds is 4. The number of nitrogens with zero attached hydrogens (tertiary/aromatic N) is 1. The van der Waals surface area contributed by atoms with Crippen LogP contribution in [0.25, 0.3) is 0 Å². The van der Waals surface area contributed by atoms with Gasteiger partial charge in [0.1, 0.15) is 0 Å². The monoisotopic (exact) mass is 266 g/mol. The first-order valence-corrected chi connectivity index (χ1v) is 6.95. The zero-order valence-electron chi connectivity index (χ0n) is 10.9. The van der Waals surface area contributed by atoms with Crippen LogP contribution in [0.2, 0.25) is 0 Å². The van der Waals surface area contributed by atoms with Crippen LogP contribution in [-0.2, 0) is 16.1 Å². The standard InChI is InChI=1S/C13H18N2O2S/c1-8(2)15-12(16)6-11(13(15)17)14-7-10-5-4-9(3)18-10/h4-5,8,11,14H,6-7H2,1-3H3. The van der Waals surface area contributed by atoms with E-state index in [2.05, 4.69) is 24.4 Å². The van der Waals surface area contributed by atoms with E-state index < -0.39 is 0 Å². The van der Waals surface area contributed by atoms with Crippen LogP contribution in [0.3, 0.4) is 0 Å². The number of thiophene rings is 1.